The maximum absolute atomic E-state index is 12.6. The van der Waals surface area contributed by atoms with Gasteiger partial charge in [-0.2, -0.15) is 0 Å². The molecule has 1 fully saturated rings. The fourth-order valence-corrected chi connectivity index (χ4v) is 4.85. The highest BCUT2D eigenvalue weighted by Crippen LogP contribution is 2.30. The van der Waals surface area contributed by atoms with E-state index < -0.39 is 5.92 Å². The Balaban J connectivity index is 1.33. The average molecular weight is 441 g/mol. The van der Waals surface area contributed by atoms with Gasteiger partial charge in [0, 0.05) is 24.4 Å². The largest absolute Gasteiger partial charge is 0.497 e. The third-order valence-corrected chi connectivity index (χ3v) is 6.76. The van der Waals surface area contributed by atoms with Crippen molar-refractivity contribution in [1.82, 2.24) is 10.2 Å². The molecule has 7 nitrogen and oxygen atoms in total. The van der Waals surface area contributed by atoms with Gasteiger partial charge in [-0.15, -0.1) is 10.2 Å². The summed E-state index contributed by atoms with van der Waals surface area (Å²) >= 11 is 2.91. The molecule has 1 N–H and O–H groups in total. The van der Waals surface area contributed by atoms with Crippen molar-refractivity contribution in [2.45, 2.75) is 16.5 Å². The van der Waals surface area contributed by atoms with Crippen molar-refractivity contribution in [3.8, 4) is 5.75 Å². The molecule has 0 radical (unpaired) electrons. The molecule has 3 aromatic rings. The fraction of sp³-hybridized carbons (Fsp3) is 0.238. The van der Waals surface area contributed by atoms with E-state index in [0.29, 0.717) is 11.7 Å². The lowest BCUT2D eigenvalue weighted by Crippen LogP contribution is -2.28. The van der Waals surface area contributed by atoms with Crippen molar-refractivity contribution in [3.63, 3.8) is 0 Å². The summed E-state index contributed by atoms with van der Waals surface area (Å²) in [5.41, 5.74) is 1.96. The molecule has 1 saturated heterocycles. The molecule has 9 heteroatoms. The molecule has 1 aromatic heterocycles. The van der Waals surface area contributed by atoms with Crippen LogP contribution < -0.4 is 15.0 Å². The van der Waals surface area contributed by atoms with Crippen LogP contribution in [-0.2, 0) is 15.3 Å². The molecule has 0 aliphatic carbocycles. The maximum Gasteiger partial charge on any atom is 0.231 e. The Morgan fingerprint density at radius 3 is 2.70 bits per heavy atom. The van der Waals surface area contributed by atoms with Crippen LogP contribution in [-0.4, -0.2) is 35.7 Å². The maximum atomic E-state index is 12.6. The number of anilines is 2. The SMILES string of the molecule is COc1ccc(N2C[C@H](C(=O)Nc3nnc(SCc4ccccc4)s3)CC2=O)cc1. The molecule has 1 atom stereocenters. The summed E-state index contributed by atoms with van der Waals surface area (Å²) in [5, 5.41) is 11.4. The second kappa shape index (κ2) is 9.27. The fourth-order valence-electron chi connectivity index (χ4n) is 3.14. The van der Waals surface area contributed by atoms with E-state index in [4.69, 9.17) is 4.74 Å². The summed E-state index contributed by atoms with van der Waals surface area (Å²) < 4.78 is 5.94. The zero-order valence-electron chi connectivity index (χ0n) is 16.3. The third kappa shape index (κ3) is 4.80. The van der Waals surface area contributed by atoms with E-state index in [1.54, 1.807) is 35.9 Å². The van der Waals surface area contributed by atoms with Gasteiger partial charge in [0.2, 0.25) is 16.9 Å². The minimum Gasteiger partial charge on any atom is -0.497 e. The van der Waals surface area contributed by atoms with Crippen LogP contribution >= 0.6 is 23.1 Å². The van der Waals surface area contributed by atoms with Crippen LogP contribution in [0, 0.1) is 5.92 Å². The van der Waals surface area contributed by atoms with Gasteiger partial charge in [-0.05, 0) is 29.8 Å². The zero-order valence-corrected chi connectivity index (χ0v) is 17.9. The Kier molecular flexibility index (Phi) is 6.29. The Morgan fingerprint density at radius 2 is 1.97 bits per heavy atom. The highest BCUT2D eigenvalue weighted by Gasteiger charge is 2.35. The van der Waals surface area contributed by atoms with Gasteiger partial charge in [0.25, 0.3) is 0 Å². The van der Waals surface area contributed by atoms with Crippen LogP contribution in [0.4, 0.5) is 10.8 Å². The Hall–Kier alpha value is -2.91. The number of hydrogen-bond acceptors (Lipinski definition) is 7. The van der Waals surface area contributed by atoms with Crippen molar-refractivity contribution in [2.24, 2.45) is 5.92 Å². The summed E-state index contributed by atoms with van der Waals surface area (Å²) in [5.74, 6) is 0.796. The Bertz CT molecular complexity index is 1020. The number of carbonyl (C=O) groups is 2. The van der Waals surface area contributed by atoms with Gasteiger partial charge in [0.15, 0.2) is 4.34 Å². The second-order valence-electron chi connectivity index (χ2n) is 6.74. The molecule has 0 spiro atoms. The molecule has 154 valence electrons. The van der Waals surface area contributed by atoms with E-state index in [2.05, 4.69) is 27.6 Å². The van der Waals surface area contributed by atoms with Crippen LogP contribution in [0.25, 0.3) is 0 Å². The van der Waals surface area contributed by atoms with Gasteiger partial charge in [0.1, 0.15) is 5.75 Å². The van der Waals surface area contributed by atoms with Crippen LogP contribution in [0.5, 0.6) is 5.75 Å². The van der Waals surface area contributed by atoms with Gasteiger partial charge in [-0.25, -0.2) is 0 Å². The van der Waals surface area contributed by atoms with Gasteiger partial charge in [-0.3, -0.25) is 9.59 Å². The highest BCUT2D eigenvalue weighted by molar-refractivity contribution is 8.00. The number of nitrogens with one attached hydrogen (secondary N) is 1. The lowest BCUT2D eigenvalue weighted by molar-refractivity contribution is -0.122. The first-order valence-electron chi connectivity index (χ1n) is 9.38. The van der Waals surface area contributed by atoms with Crippen LogP contribution in [0.2, 0.25) is 0 Å². The van der Waals surface area contributed by atoms with Crippen molar-refractivity contribution < 1.29 is 14.3 Å². The smallest absolute Gasteiger partial charge is 0.231 e. The predicted octanol–water partition coefficient (Wildman–Crippen LogP) is 3.83. The highest BCUT2D eigenvalue weighted by atomic mass is 32.2. The number of rotatable bonds is 7. The first kappa shape index (κ1) is 20.4. The van der Waals surface area contributed by atoms with Crippen LogP contribution in [0.3, 0.4) is 0 Å². The molecule has 0 saturated carbocycles. The van der Waals surface area contributed by atoms with Crippen molar-refractivity contribution in [3.05, 3.63) is 60.2 Å². The second-order valence-corrected chi connectivity index (χ2v) is 8.94. The van der Waals surface area contributed by atoms with E-state index in [9.17, 15) is 9.59 Å². The number of carbonyl (C=O) groups excluding carboxylic acids is 2. The number of aromatic nitrogens is 2. The van der Waals surface area contributed by atoms with Crippen LogP contribution in [0.15, 0.2) is 58.9 Å². The molecule has 30 heavy (non-hydrogen) atoms. The topological polar surface area (TPSA) is 84.4 Å². The number of benzene rings is 2. The summed E-state index contributed by atoms with van der Waals surface area (Å²) in [6.07, 6.45) is 0.173. The molecule has 1 aliphatic rings. The Labute approximate surface area is 182 Å². The zero-order chi connectivity index (χ0) is 20.9. The van der Waals surface area contributed by atoms with E-state index in [-0.39, 0.29) is 18.2 Å². The number of ether oxygens (including phenoxy) is 1. The summed E-state index contributed by atoms with van der Waals surface area (Å²) in [4.78, 5) is 26.7. The minimum atomic E-state index is -0.427. The molecule has 2 heterocycles. The number of amides is 2. The lowest BCUT2D eigenvalue weighted by Gasteiger charge is -2.16. The molecular formula is C21H20N4O3S2. The normalized spacial score (nSPS) is 16.0. The summed E-state index contributed by atoms with van der Waals surface area (Å²) in [6, 6.07) is 17.3. The number of nitrogens with zero attached hydrogens (tertiary/aromatic N) is 3. The first-order valence-corrected chi connectivity index (χ1v) is 11.2. The van der Waals surface area contributed by atoms with Gasteiger partial charge < -0.3 is 15.0 Å². The number of hydrogen-bond donors (Lipinski definition) is 1. The molecule has 4 rings (SSSR count). The van der Waals surface area contributed by atoms with E-state index >= 15 is 0 Å². The minimum absolute atomic E-state index is 0.0725. The van der Waals surface area contributed by atoms with E-state index in [1.165, 1.54) is 16.9 Å². The molecule has 0 bridgehead atoms. The predicted molar refractivity (Wildman–Crippen MR) is 118 cm³/mol. The molecular weight excluding hydrogens is 420 g/mol. The molecule has 1 aliphatic heterocycles. The lowest BCUT2D eigenvalue weighted by atomic mass is 10.1. The van der Waals surface area contributed by atoms with Gasteiger partial charge in [-0.1, -0.05) is 53.4 Å². The quantitative estimate of drug-likeness (QED) is 0.444. The third-order valence-electron chi connectivity index (χ3n) is 4.72. The van der Waals surface area contributed by atoms with Crippen LogP contribution in [0.1, 0.15) is 12.0 Å². The standard InChI is InChI=1S/C21H20N4O3S2/c1-28-17-9-7-16(8-10-17)25-12-15(11-18(25)26)19(27)22-20-23-24-21(30-20)29-13-14-5-3-2-4-6-14/h2-10,15H,11-13H2,1H3,(H,22,23,27)/t15-/m1/s1. The number of thioether (sulfide) groups is 1. The van der Waals surface area contributed by atoms with Gasteiger partial charge in [0.05, 0.1) is 13.0 Å². The molecule has 2 aromatic carbocycles. The summed E-state index contributed by atoms with van der Waals surface area (Å²) in [6.45, 7) is 0.339. The molecule has 2 amide bonds. The average Bonchev–Trinajstić information content (AvgIpc) is 3.39. The summed E-state index contributed by atoms with van der Waals surface area (Å²) in [7, 11) is 1.59. The van der Waals surface area contributed by atoms with Gasteiger partial charge >= 0.3 is 0 Å². The molecule has 0 unspecified atom stereocenters. The van der Waals surface area contributed by atoms with E-state index in [0.717, 1.165) is 21.5 Å². The van der Waals surface area contributed by atoms with Crippen molar-refractivity contribution in [2.75, 3.05) is 23.9 Å². The monoisotopic (exact) mass is 440 g/mol. The van der Waals surface area contributed by atoms with Crippen molar-refractivity contribution in [1.29, 1.82) is 0 Å². The van der Waals surface area contributed by atoms with Crippen molar-refractivity contribution >= 4 is 45.7 Å². The number of methoxy groups -OCH3 is 1. The Morgan fingerprint density at radius 1 is 1.20 bits per heavy atom. The first-order chi connectivity index (χ1) is 14.6. The van der Waals surface area contributed by atoms with E-state index in [1.807, 2.05) is 30.3 Å².